The highest BCUT2D eigenvalue weighted by Gasteiger charge is 1.91. The van der Waals surface area contributed by atoms with Crippen molar-refractivity contribution in [2.45, 2.75) is 13.8 Å². The molecule has 17 heavy (non-hydrogen) atoms. The van der Waals surface area contributed by atoms with Crippen LogP contribution in [0.2, 0.25) is 0 Å². The number of benzene rings is 1. The molecule has 0 bridgehead atoms. The predicted molar refractivity (Wildman–Crippen MR) is 72.8 cm³/mol. The summed E-state index contributed by atoms with van der Waals surface area (Å²) in [5.41, 5.74) is 1.88. The Kier molecular flexibility index (Phi) is 7.94. The van der Waals surface area contributed by atoms with Crippen LogP contribution in [0.15, 0.2) is 59.9 Å². The first-order valence-corrected chi connectivity index (χ1v) is 5.17. The number of hydrogen-bond acceptors (Lipinski definition) is 2. The molecule has 0 aromatic heterocycles. The largest absolute Gasteiger partial charge is 0.325 e. The molecule has 1 N–H and O–H groups in total. The summed E-state index contributed by atoms with van der Waals surface area (Å²) in [6, 6.07) is 10.3. The van der Waals surface area contributed by atoms with Gasteiger partial charge in [0.25, 0.3) is 0 Å². The third kappa shape index (κ3) is 8.81. The van der Waals surface area contributed by atoms with E-state index in [1.807, 2.05) is 18.2 Å². The van der Waals surface area contributed by atoms with Crippen molar-refractivity contribution < 1.29 is 4.79 Å². The zero-order valence-corrected chi connectivity index (χ0v) is 10.3. The first kappa shape index (κ1) is 14.8. The van der Waals surface area contributed by atoms with Crippen molar-refractivity contribution in [3.63, 3.8) is 0 Å². The highest BCUT2D eigenvalue weighted by molar-refractivity contribution is 5.75. The summed E-state index contributed by atoms with van der Waals surface area (Å²) in [5, 5.41) is 2.50. The molecular formula is C14H18N2O. The van der Waals surface area contributed by atoms with E-state index in [1.165, 1.54) is 24.8 Å². The van der Waals surface area contributed by atoms with Crippen molar-refractivity contribution in [1.82, 2.24) is 5.32 Å². The zero-order valence-electron chi connectivity index (χ0n) is 10.3. The van der Waals surface area contributed by atoms with Crippen LogP contribution in [0.4, 0.5) is 0 Å². The van der Waals surface area contributed by atoms with Gasteiger partial charge in [0.2, 0.25) is 5.91 Å². The fourth-order valence-corrected chi connectivity index (χ4v) is 0.972. The molecule has 0 radical (unpaired) electrons. The summed E-state index contributed by atoms with van der Waals surface area (Å²) >= 11 is 0. The van der Waals surface area contributed by atoms with E-state index < -0.39 is 0 Å². The Hall–Kier alpha value is -2.16. The van der Waals surface area contributed by atoms with E-state index >= 15 is 0 Å². The molecule has 0 fully saturated rings. The minimum Gasteiger partial charge on any atom is -0.325 e. The lowest BCUT2D eigenvalue weighted by atomic mass is 10.2. The number of allylic oxidation sites excluding steroid dienone is 1. The molecule has 1 aromatic carbocycles. The molecule has 0 unspecified atom stereocenters. The number of nitrogens with zero attached hydrogens (tertiary/aromatic N) is 1. The van der Waals surface area contributed by atoms with Gasteiger partial charge < -0.3 is 5.32 Å². The monoisotopic (exact) mass is 230 g/mol. The van der Waals surface area contributed by atoms with Crippen molar-refractivity contribution >= 4 is 12.6 Å². The topological polar surface area (TPSA) is 41.5 Å². The molecule has 0 heterocycles. The molecule has 0 aliphatic carbocycles. The zero-order chi connectivity index (χ0) is 13.1. The molecule has 0 saturated carbocycles. The Balaban J connectivity index is 0.000000318. The lowest BCUT2D eigenvalue weighted by Crippen LogP contribution is -2.17. The van der Waals surface area contributed by atoms with Gasteiger partial charge in [-0.1, -0.05) is 42.5 Å². The number of hydrogen-bond donors (Lipinski definition) is 1. The molecule has 1 rings (SSSR count). The van der Waals surface area contributed by atoms with Crippen molar-refractivity contribution in [2.75, 3.05) is 0 Å². The Bertz CT molecular complexity index is 394. The number of aliphatic imine (C=N–C) groups is 1. The van der Waals surface area contributed by atoms with Crippen LogP contribution in [0.3, 0.4) is 0 Å². The smallest absolute Gasteiger partial charge is 0.221 e. The van der Waals surface area contributed by atoms with Gasteiger partial charge in [-0.3, -0.25) is 9.79 Å². The predicted octanol–water partition coefficient (Wildman–Crippen LogP) is 2.85. The van der Waals surface area contributed by atoms with Crippen molar-refractivity contribution in [3.8, 4) is 0 Å². The van der Waals surface area contributed by atoms with Crippen LogP contribution < -0.4 is 5.32 Å². The van der Waals surface area contributed by atoms with E-state index in [9.17, 15) is 4.79 Å². The first-order valence-electron chi connectivity index (χ1n) is 5.17. The minimum atomic E-state index is -0.144. The Morgan fingerprint density at radius 2 is 1.94 bits per heavy atom. The van der Waals surface area contributed by atoms with E-state index in [1.54, 1.807) is 0 Å². The molecular weight excluding hydrogens is 212 g/mol. The second-order valence-corrected chi connectivity index (χ2v) is 3.31. The molecule has 1 aromatic rings. The fraction of sp³-hybridized carbons (Fsp3) is 0.143. The van der Waals surface area contributed by atoms with Gasteiger partial charge in [-0.25, -0.2) is 0 Å². The second kappa shape index (κ2) is 9.09. The third-order valence-electron chi connectivity index (χ3n) is 1.71. The van der Waals surface area contributed by atoms with Gasteiger partial charge in [-0.05, 0) is 19.7 Å². The number of rotatable bonds is 3. The number of nitrogens with one attached hydrogen (secondary N) is 1. The Morgan fingerprint density at radius 1 is 1.35 bits per heavy atom. The first-order chi connectivity index (χ1) is 8.10. The van der Waals surface area contributed by atoms with Gasteiger partial charge in [-0.15, -0.1) is 0 Å². The molecule has 0 aliphatic heterocycles. The van der Waals surface area contributed by atoms with Crippen LogP contribution in [0.25, 0.3) is 0 Å². The van der Waals surface area contributed by atoms with Gasteiger partial charge in [0.05, 0.1) is 5.70 Å². The molecule has 0 spiro atoms. The van der Waals surface area contributed by atoms with E-state index in [-0.39, 0.29) is 5.91 Å². The maximum atomic E-state index is 10.4. The van der Waals surface area contributed by atoms with Crippen LogP contribution in [0.5, 0.6) is 0 Å². The van der Waals surface area contributed by atoms with Gasteiger partial charge in [0.1, 0.15) is 0 Å². The molecule has 1 amide bonds. The highest BCUT2D eigenvalue weighted by atomic mass is 16.1. The fourth-order valence-electron chi connectivity index (χ4n) is 0.972. The molecule has 90 valence electrons. The average molecular weight is 230 g/mol. The average Bonchev–Trinajstić information content (AvgIpc) is 2.30. The summed E-state index contributed by atoms with van der Waals surface area (Å²) in [6.45, 7) is 10.2. The summed E-state index contributed by atoms with van der Waals surface area (Å²) in [4.78, 5) is 13.9. The molecule has 0 atom stereocenters. The molecule has 0 saturated heterocycles. The quantitative estimate of drug-likeness (QED) is 0.629. The van der Waals surface area contributed by atoms with Gasteiger partial charge in [0.15, 0.2) is 0 Å². The summed E-state index contributed by atoms with van der Waals surface area (Å²) in [5.74, 6) is -0.144. The van der Waals surface area contributed by atoms with Gasteiger partial charge in [-0.2, -0.15) is 0 Å². The van der Waals surface area contributed by atoms with Crippen LogP contribution in [0, 0.1) is 6.92 Å². The summed E-state index contributed by atoms with van der Waals surface area (Å²) < 4.78 is 0. The molecule has 3 heteroatoms. The number of carbonyl (C=O) groups is 1. The second-order valence-electron chi connectivity index (χ2n) is 3.31. The van der Waals surface area contributed by atoms with Crippen LogP contribution in [-0.2, 0) is 4.79 Å². The van der Waals surface area contributed by atoms with E-state index in [0.29, 0.717) is 5.70 Å². The van der Waals surface area contributed by atoms with E-state index in [2.05, 4.69) is 42.7 Å². The maximum Gasteiger partial charge on any atom is 0.221 e. The minimum absolute atomic E-state index is 0.144. The molecule has 3 nitrogen and oxygen atoms in total. The summed E-state index contributed by atoms with van der Waals surface area (Å²) in [6.07, 6.45) is 2.92. The van der Waals surface area contributed by atoms with Crippen molar-refractivity contribution in [2.24, 2.45) is 4.99 Å². The normalized spacial score (nSPS) is 9.65. The SMILES string of the molecule is C=C/C(=C\N=C)NC(C)=O.Cc1ccccc1. The number of amides is 1. The molecule has 0 aliphatic rings. The number of aryl methyl sites for hydroxylation is 1. The lowest BCUT2D eigenvalue weighted by Gasteiger charge is -1.98. The van der Waals surface area contributed by atoms with Gasteiger partial charge in [0, 0.05) is 13.1 Å². The Morgan fingerprint density at radius 3 is 2.24 bits per heavy atom. The van der Waals surface area contributed by atoms with Crippen LogP contribution in [-0.4, -0.2) is 12.6 Å². The number of carbonyl (C=O) groups excluding carboxylic acids is 1. The van der Waals surface area contributed by atoms with Crippen LogP contribution >= 0.6 is 0 Å². The standard InChI is InChI=1S/C7H10N2O.C7H8/c1-4-7(5-8-3)9-6(2)10;1-7-5-3-2-4-6-7/h4-5H,1,3H2,2H3,(H,9,10);2-6H,1H3/b7-5+;. The van der Waals surface area contributed by atoms with Crippen molar-refractivity contribution in [1.29, 1.82) is 0 Å². The maximum absolute atomic E-state index is 10.4. The lowest BCUT2D eigenvalue weighted by molar-refractivity contribution is -0.118. The highest BCUT2D eigenvalue weighted by Crippen LogP contribution is 1.92. The van der Waals surface area contributed by atoms with Crippen molar-refractivity contribution in [3.05, 3.63) is 60.4 Å². The third-order valence-corrected chi connectivity index (χ3v) is 1.71. The van der Waals surface area contributed by atoms with E-state index in [0.717, 1.165) is 0 Å². The Labute approximate surface area is 103 Å². The van der Waals surface area contributed by atoms with Gasteiger partial charge >= 0.3 is 0 Å². The van der Waals surface area contributed by atoms with E-state index in [4.69, 9.17) is 0 Å². The summed E-state index contributed by atoms with van der Waals surface area (Å²) in [7, 11) is 0. The van der Waals surface area contributed by atoms with Crippen LogP contribution in [0.1, 0.15) is 12.5 Å².